The Morgan fingerprint density at radius 1 is 0.273 bits per heavy atom. The molecule has 24 atom stereocenters. The Hall–Kier alpha value is 0. The summed E-state index contributed by atoms with van der Waals surface area (Å²) in [6, 6.07) is 0. The SMILES string of the molecule is C1CC2C1C1C2C2C1C1C2C2C1C1C2C2C1C1C3C2C2C4C5C6CCC7C6C56C7C5C1C32C546. The van der Waals surface area contributed by atoms with Crippen LogP contribution < -0.4 is 0 Å². The minimum absolute atomic E-state index is 1.08. The summed E-state index contributed by atoms with van der Waals surface area (Å²) in [5.74, 6) is 34.5. The first-order valence-electron chi connectivity index (χ1n) is 16.4. The second-order valence-electron chi connectivity index (χ2n) is 18.8. The lowest BCUT2D eigenvalue weighted by Gasteiger charge is -3.19. The fourth-order valence-electron chi connectivity index (χ4n) is 23.9. The zero-order valence-electron chi connectivity index (χ0n) is 19.3. The average Bonchev–Trinajstić information content (AvgIpc) is 3.08. The summed E-state index contributed by atoms with van der Waals surface area (Å²) in [7, 11) is 0. The molecule has 17 aliphatic carbocycles. The zero-order chi connectivity index (χ0) is 19.3. The van der Waals surface area contributed by atoms with Crippen LogP contribution in [0.5, 0.6) is 0 Å². The first-order valence-corrected chi connectivity index (χ1v) is 16.4. The van der Waals surface area contributed by atoms with Crippen molar-refractivity contribution in [1.29, 1.82) is 0 Å². The second-order valence-corrected chi connectivity index (χ2v) is 18.8. The molecule has 0 aliphatic heterocycles. The lowest BCUT2D eigenvalue weighted by molar-refractivity contribution is -0.733. The second kappa shape index (κ2) is 3.08. The van der Waals surface area contributed by atoms with Crippen LogP contribution in [0.2, 0.25) is 0 Å². The van der Waals surface area contributed by atoms with Crippen LogP contribution in [0, 0.1) is 170 Å². The lowest BCUT2D eigenvalue weighted by Crippen LogP contribution is -3.17. The quantitative estimate of drug-likeness (QED) is 0.486. The van der Waals surface area contributed by atoms with Crippen molar-refractivity contribution in [2.75, 3.05) is 0 Å². The molecule has 0 aromatic heterocycles. The highest BCUT2D eigenvalue weighted by Gasteiger charge is 3.20. The van der Waals surface area contributed by atoms with Crippen LogP contribution in [0.1, 0.15) is 25.7 Å². The highest BCUT2D eigenvalue weighted by Crippen LogP contribution is 3.22. The molecule has 166 valence electrons. The summed E-state index contributed by atoms with van der Waals surface area (Å²) in [5.41, 5.74) is 3.24. The van der Waals surface area contributed by atoms with E-state index in [1.54, 1.807) is 25.7 Å². The van der Waals surface area contributed by atoms with Gasteiger partial charge in [0.15, 0.2) is 0 Å². The third-order valence-electron chi connectivity index (χ3n) is 22.1. The number of fused-ring (bicyclic) bond motifs is 29. The molecule has 33 heavy (non-hydrogen) atoms. The van der Waals surface area contributed by atoms with E-state index in [1.807, 2.05) is 0 Å². The van der Waals surface area contributed by atoms with Gasteiger partial charge in [-0.05, 0) is 196 Å². The Balaban J connectivity index is 0.816. The minimum Gasteiger partial charge on any atom is -0.0496 e. The molecular formula is C33H34. The van der Waals surface area contributed by atoms with Crippen LogP contribution in [0.3, 0.4) is 0 Å². The molecule has 17 fully saturated rings. The normalized spacial score (nSPS) is 105. The Morgan fingerprint density at radius 2 is 0.667 bits per heavy atom. The molecule has 0 heterocycles. The Labute approximate surface area is 195 Å². The van der Waals surface area contributed by atoms with Gasteiger partial charge >= 0.3 is 0 Å². The van der Waals surface area contributed by atoms with Gasteiger partial charge in [0.25, 0.3) is 0 Å². The van der Waals surface area contributed by atoms with Gasteiger partial charge in [0, 0.05) is 0 Å². The van der Waals surface area contributed by atoms with E-state index >= 15 is 0 Å². The monoisotopic (exact) mass is 430 g/mol. The van der Waals surface area contributed by atoms with Crippen molar-refractivity contribution in [2.45, 2.75) is 25.7 Å². The van der Waals surface area contributed by atoms with Crippen LogP contribution in [0.25, 0.3) is 0 Å². The Morgan fingerprint density at radius 3 is 1.15 bits per heavy atom. The molecule has 0 amide bonds. The molecule has 0 nitrogen and oxygen atoms in total. The van der Waals surface area contributed by atoms with Crippen molar-refractivity contribution in [3.8, 4) is 0 Å². The predicted molar refractivity (Wildman–Crippen MR) is 117 cm³/mol. The molecule has 0 bridgehead atoms. The van der Waals surface area contributed by atoms with Crippen molar-refractivity contribution in [3.63, 3.8) is 0 Å². The van der Waals surface area contributed by atoms with Crippen LogP contribution in [0.15, 0.2) is 0 Å². The smallest absolute Gasteiger partial charge is 0.00990 e. The van der Waals surface area contributed by atoms with Crippen molar-refractivity contribution in [1.82, 2.24) is 0 Å². The average molecular weight is 431 g/mol. The van der Waals surface area contributed by atoms with E-state index < -0.39 is 0 Å². The van der Waals surface area contributed by atoms with Crippen molar-refractivity contribution in [3.05, 3.63) is 0 Å². The van der Waals surface area contributed by atoms with Crippen molar-refractivity contribution in [2.24, 2.45) is 170 Å². The van der Waals surface area contributed by atoms with Crippen LogP contribution >= 0.6 is 0 Å². The first-order chi connectivity index (χ1) is 16.4. The van der Waals surface area contributed by atoms with Gasteiger partial charge in [-0.2, -0.15) is 0 Å². The molecule has 0 N–H and O–H groups in total. The van der Waals surface area contributed by atoms with Crippen LogP contribution in [0.4, 0.5) is 0 Å². The Bertz CT molecular complexity index is 1240. The zero-order valence-corrected chi connectivity index (χ0v) is 19.3. The summed E-state index contributed by atoms with van der Waals surface area (Å²) in [4.78, 5) is 0. The summed E-state index contributed by atoms with van der Waals surface area (Å²) < 4.78 is 0. The third-order valence-corrected chi connectivity index (χ3v) is 22.1. The van der Waals surface area contributed by atoms with Gasteiger partial charge in [-0.1, -0.05) is 0 Å². The van der Waals surface area contributed by atoms with E-state index in [-0.39, 0.29) is 0 Å². The molecule has 0 heteroatoms. The maximum absolute atomic E-state index is 1.70. The molecule has 0 radical (unpaired) electrons. The van der Waals surface area contributed by atoms with Gasteiger partial charge in [0.2, 0.25) is 0 Å². The van der Waals surface area contributed by atoms with Crippen molar-refractivity contribution < 1.29 is 0 Å². The molecular weight excluding hydrogens is 396 g/mol. The summed E-state index contributed by atoms with van der Waals surface area (Å²) in [6.45, 7) is 0. The van der Waals surface area contributed by atoms with E-state index in [4.69, 9.17) is 0 Å². The summed E-state index contributed by atoms with van der Waals surface area (Å²) in [5, 5.41) is 0. The van der Waals surface area contributed by atoms with E-state index in [9.17, 15) is 0 Å². The molecule has 0 aromatic rings. The fraction of sp³-hybridized carbons (Fsp3) is 1.00. The van der Waals surface area contributed by atoms with Crippen LogP contribution in [-0.4, -0.2) is 0 Å². The van der Waals surface area contributed by atoms with Gasteiger partial charge in [-0.3, -0.25) is 0 Å². The van der Waals surface area contributed by atoms with E-state index in [0.717, 1.165) is 16.2 Å². The number of hydrogen-bond acceptors (Lipinski definition) is 0. The molecule has 17 saturated carbocycles. The molecule has 17 aliphatic rings. The number of rotatable bonds is 0. The third kappa shape index (κ3) is 0.666. The van der Waals surface area contributed by atoms with E-state index in [0.29, 0.717) is 0 Å². The Kier molecular flexibility index (Phi) is 1.31. The van der Waals surface area contributed by atoms with Gasteiger partial charge < -0.3 is 0 Å². The van der Waals surface area contributed by atoms with Gasteiger partial charge in [-0.15, -0.1) is 0 Å². The maximum atomic E-state index is 1.70. The molecule has 17 rings (SSSR count). The fourth-order valence-corrected chi connectivity index (χ4v) is 23.9. The molecule has 24 unspecified atom stereocenters. The van der Waals surface area contributed by atoms with Gasteiger partial charge in [0.1, 0.15) is 0 Å². The number of hydrogen-bond donors (Lipinski definition) is 0. The highest BCUT2D eigenvalue weighted by atomic mass is 15.2. The lowest BCUT2D eigenvalue weighted by atomic mass is 8.84. The molecule has 3 spiro atoms. The summed E-state index contributed by atoms with van der Waals surface area (Å²) >= 11 is 0. The van der Waals surface area contributed by atoms with E-state index in [2.05, 4.69) is 0 Å². The first kappa shape index (κ1) is 14.1. The predicted octanol–water partition coefficient (Wildman–Crippen LogP) is 4.76. The van der Waals surface area contributed by atoms with Gasteiger partial charge in [0.05, 0.1) is 0 Å². The minimum atomic E-state index is 1.08. The van der Waals surface area contributed by atoms with E-state index in [1.165, 1.54) is 154 Å². The molecule has 0 saturated heterocycles. The van der Waals surface area contributed by atoms with Crippen molar-refractivity contribution >= 4 is 0 Å². The van der Waals surface area contributed by atoms with Gasteiger partial charge in [-0.25, -0.2) is 0 Å². The standard InChI is InChI=1S/C33H34/c1-2-6-5(1)9-10(6)12-11(9)13-14(12)16-15(13)17-18(16)20-19(17)21-26-22(20)28-30-25-8-4-3-7-23(8)31(25)24(7)29-27(21)32(26,28)33(29,30)31/h5-30H,1-4H2. The molecule has 0 aromatic carbocycles. The summed E-state index contributed by atoms with van der Waals surface area (Å²) in [6.07, 6.45) is 6.72. The maximum Gasteiger partial charge on any atom is -0.00990 e. The topological polar surface area (TPSA) is 0 Å². The van der Waals surface area contributed by atoms with Crippen LogP contribution in [-0.2, 0) is 0 Å². The highest BCUT2D eigenvalue weighted by molar-refractivity contribution is 5.65. The largest absolute Gasteiger partial charge is 0.0496 e.